The number of pyridine rings is 2. The Morgan fingerprint density at radius 2 is 1.83 bits per heavy atom. The lowest BCUT2D eigenvalue weighted by molar-refractivity contribution is 0.255. The van der Waals surface area contributed by atoms with Crippen LogP contribution in [0.2, 0.25) is 0 Å². The number of anilines is 2. The quantitative estimate of drug-likeness (QED) is 0.252. The molecular weight excluding hydrogens is 597 g/mol. The zero-order valence-electron chi connectivity index (χ0n) is 26.8. The summed E-state index contributed by atoms with van der Waals surface area (Å²) >= 11 is 0. The number of hydrogen-bond donors (Lipinski definition) is 2. The number of piperidine rings is 1. The summed E-state index contributed by atoms with van der Waals surface area (Å²) in [7, 11) is 3.67. The molecule has 4 heterocycles. The first-order chi connectivity index (χ1) is 22.5. The summed E-state index contributed by atoms with van der Waals surface area (Å²) in [5.74, 6) is 0.237. The molecule has 2 N–H and O–H groups in total. The van der Waals surface area contributed by atoms with Crippen LogP contribution in [-0.4, -0.2) is 49.5 Å². The molecule has 1 aliphatic rings. The Balaban J connectivity index is 1.37. The van der Waals surface area contributed by atoms with E-state index in [2.05, 4.69) is 33.4 Å². The van der Waals surface area contributed by atoms with Crippen molar-refractivity contribution in [1.82, 2.24) is 24.2 Å². The predicted octanol–water partition coefficient (Wildman–Crippen LogP) is 5.13. The third-order valence-electron chi connectivity index (χ3n) is 9.10. The van der Waals surface area contributed by atoms with Crippen LogP contribution in [0.4, 0.5) is 15.9 Å². The van der Waals surface area contributed by atoms with Gasteiger partial charge in [-0.3, -0.25) is 14.2 Å². The molecular formula is C36H36FN7O3. The Hall–Kier alpha value is -5.18. The second-order valence-electron chi connectivity index (χ2n) is 12.7. The Labute approximate surface area is 271 Å². The fraction of sp³-hybridized carbons (Fsp3) is 0.306. The van der Waals surface area contributed by atoms with E-state index in [1.165, 1.54) is 34.1 Å². The Morgan fingerprint density at radius 1 is 1.06 bits per heavy atom. The van der Waals surface area contributed by atoms with Gasteiger partial charge in [-0.15, -0.1) is 0 Å². The normalized spacial score (nSPS) is 14.3. The summed E-state index contributed by atoms with van der Waals surface area (Å²) in [4.78, 5) is 33.7. The van der Waals surface area contributed by atoms with Crippen LogP contribution < -0.4 is 16.4 Å². The number of aliphatic hydroxyl groups is 1. The molecule has 0 aliphatic carbocycles. The number of nitrogens with zero attached hydrogens (tertiary/aromatic N) is 6. The summed E-state index contributed by atoms with van der Waals surface area (Å²) in [5, 5.41) is 27.9. The number of nitriles is 1. The molecule has 1 saturated heterocycles. The third kappa shape index (κ3) is 6.05. The molecule has 240 valence electrons. The van der Waals surface area contributed by atoms with E-state index in [-0.39, 0.29) is 16.6 Å². The number of aromatic nitrogens is 4. The molecule has 1 fully saturated rings. The average Bonchev–Trinajstić information content (AvgIpc) is 3.07. The van der Waals surface area contributed by atoms with Gasteiger partial charge in [-0.25, -0.2) is 14.1 Å². The van der Waals surface area contributed by atoms with Crippen LogP contribution in [0.1, 0.15) is 49.3 Å². The molecule has 0 atom stereocenters. The lowest BCUT2D eigenvalue weighted by Crippen LogP contribution is -2.29. The van der Waals surface area contributed by atoms with Gasteiger partial charge in [-0.2, -0.15) is 10.4 Å². The van der Waals surface area contributed by atoms with Gasteiger partial charge in [0.2, 0.25) is 0 Å². The molecule has 0 amide bonds. The van der Waals surface area contributed by atoms with E-state index >= 15 is 4.39 Å². The molecule has 0 radical (unpaired) electrons. The first-order valence-corrected chi connectivity index (χ1v) is 15.5. The maximum atomic E-state index is 15.4. The molecule has 11 heteroatoms. The fourth-order valence-electron chi connectivity index (χ4n) is 6.18. The second-order valence-corrected chi connectivity index (χ2v) is 12.7. The van der Waals surface area contributed by atoms with Crippen LogP contribution in [-0.2, 0) is 19.1 Å². The number of nitrogens with one attached hydrogen (secondary N) is 1. The average molecular weight is 634 g/mol. The minimum absolute atomic E-state index is 0.125. The fourth-order valence-corrected chi connectivity index (χ4v) is 6.18. The van der Waals surface area contributed by atoms with E-state index in [1.807, 2.05) is 18.3 Å². The van der Waals surface area contributed by atoms with E-state index in [1.54, 1.807) is 50.2 Å². The standard InChI is InChI=1S/C36H36FN7O3/c1-36(2,21-38)25-16-23-12-15-44(35(47)33(23)28(37)17-25)31-7-5-6-26(27(31)20-45)29-18-30(34(46)43(4)41-29)40-32-9-8-24(19-39-32)22-10-13-42(3)14-11-22/h5-9,12,15-19,22,45H,10-11,13-14,20H2,1-4H3,(H,39,40). The van der Waals surface area contributed by atoms with E-state index in [9.17, 15) is 20.0 Å². The number of likely N-dealkylation sites (tertiary alicyclic amines) is 1. The minimum Gasteiger partial charge on any atom is -0.392 e. The lowest BCUT2D eigenvalue weighted by atomic mass is 9.85. The van der Waals surface area contributed by atoms with Crippen LogP contribution in [0.25, 0.3) is 27.7 Å². The molecule has 0 spiro atoms. The predicted molar refractivity (Wildman–Crippen MR) is 180 cm³/mol. The van der Waals surface area contributed by atoms with Gasteiger partial charge >= 0.3 is 0 Å². The summed E-state index contributed by atoms with van der Waals surface area (Å²) in [6.45, 7) is 5.01. The van der Waals surface area contributed by atoms with Gasteiger partial charge in [-0.05, 0) is 106 Å². The molecule has 0 saturated carbocycles. The molecule has 6 rings (SSSR count). The van der Waals surface area contributed by atoms with Gasteiger partial charge in [-0.1, -0.05) is 18.2 Å². The van der Waals surface area contributed by atoms with Crippen molar-refractivity contribution in [2.45, 2.75) is 44.6 Å². The highest BCUT2D eigenvalue weighted by molar-refractivity contribution is 5.84. The molecule has 47 heavy (non-hydrogen) atoms. The molecule has 0 bridgehead atoms. The number of halogens is 1. The van der Waals surface area contributed by atoms with Gasteiger partial charge in [0.15, 0.2) is 0 Å². The van der Waals surface area contributed by atoms with Gasteiger partial charge < -0.3 is 15.3 Å². The Morgan fingerprint density at radius 3 is 2.51 bits per heavy atom. The number of hydrogen-bond acceptors (Lipinski definition) is 8. The van der Waals surface area contributed by atoms with Crippen molar-refractivity contribution in [1.29, 1.82) is 5.26 Å². The first kappa shape index (κ1) is 31.8. The SMILES string of the molecule is CN1CCC(c2ccc(Nc3cc(-c4cccc(-n5ccc6cc(C(C)(C)C#N)cc(F)c6c5=O)c4CO)nn(C)c3=O)nc2)CC1. The Kier molecular flexibility index (Phi) is 8.49. The molecule has 10 nitrogen and oxygen atoms in total. The maximum Gasteiger partial charge on any atom is 0.290 e. The van der Waals surface area contributed by atoms with Crippen LogP contribution in [0.5, 0.6) is 0 Å². The van der Waals surface area contributed by atoms with Crippen molar-refractivity contribution in [3.05, 3.63) is 110 Å². The smallest absolute Gasteiger partial charge is 0.290 e. The van der Waals surface area contributed by atoms with Crippen molar-refractivity contribution < 1.29 is 9.50 Å². The first-order valence-electron chi connectivity index (χ1n) is 15.5. The number of aryl methyl sites for hydroxylation is 1. The molecule has 5 aromatic rings. The number of benzene rings is 2. The zero-order chi connectivity index (χ0) is 33.5. The van der Waals surface area contributed by atoms with Gasteiger partial charge in [0.05, 0.1) is 34.9 Å². The van der Waals surface area contributed by atoms with E-state index in [0.29, 0.717) is 45.2 Å². The largest absolute Gasteiger partial charge is 0.392 e. The minimum atomic E-state index is -0.940. The molecule has 1 aliphatic heterocycles. The van der Waals surface area contributed by atoms with Crippen molar-refractivity contribution in [3.63, 3.8) is 0 Å². The van der Waals surface area contributed by atoms with Crippen LogP contribution in [0.15, 0.2) is 76.6 Å². The van der Waals surface area contributed by atoms with Gasteiger partial charge in [0.1, 0.15) is 17.3 Å². The summed E-state index contributed by atoms with van der Waals surface area (Å²) in [6.07, 6.45) is 5.53. The third-order valence-corrected chi connectivity index (χ3v) is 9.10. The second kappa shape index (κ2) is 12.5. The highest BCUT2D eigenvalue weighted by Gasteiger charge is 2.24. The van der Waals surface area contributed by atoms with Crippen LogP contribution >= 0.6 is 0 Å². The Bertz CT molecular complexity index is 2140. The molecule has 0 unspecified atom stereocenters. The highest BCUT2D eigenvalue weighted by atomic mass is 19.1. The number of fused-ring (bicyclic) bond motifs is 1. The van der Waals surface area contributed by atoms with Crippen molar-refractivity contribution >= 4 is 22.3 Å². The van der Waals surface area contributed by atoms with Crippen molar-refractivity contribution in [3.8, 4) is 23.0 Å². The maximum absolute atomic E-state index is 15.4. The highest BCUT2D eigenvalue weighted by Crippen LogP contribution is 2.31. The number of rotatable bonds is 7. The van der Waals surface area contributed by atoms with E-state index in [0.717, 1.165) is 25.9 Å². The van der Waals surface area contributed by atoms with Crippen LogP contribution in [0.3, 0.4) is 0 Å². The van der Waals surface area contributed by atoms with Gasteiger partial charge in [0.25, 0.3) is 11.1 Å². The van der Waals surface area contributed by atoms with Gasteiger partial charge in [0, 0.05) is 30.6 Å². The monoisotopic (exact) mass is 633 g/mol. The zero-order valence-corrected chi connectivity index (χ0v) is 26.8. The summed E-state index contributed by atoms with van der Waals surface area (Å²) in [6, 6.07) is 17.3. The lowest BCUT2D eigenvalue weighted by Gasteiger charge is -2.29. The summed E-state index contributed by atoms with van der Waals surface area (Å²) in [5.41, 5.74) is 1.55. The molecule has 2 aromatic carbocycles. The molecule has 3 aromatic heterocycles. The van der Waals surface area contributed by atoms with E-state index < -0.39 is 23.4 Å². The summed E-state index contributed by atoms with van der Waals surface area (Å²) < 4.78 is 17.9. The van der Waals surface area contributed by atoms with Crippen molar-refractivity contribution in [2.75, 3.05) is 25.5 Å². The van der Waals surface area contributed by atoms with Crippen molar-refractivity contribution in [2.24, 2.45) is 7.05 Å². The van der Waals surface area contributed by atoms with Crippen LogP contribution in [0, 0.1) is 17.1 Å². The van der Waals surface area contributed by atoms with E-state index in [4.69, 9.17) is 0 Å². The topological polar surface area (TPSA) is 129 Å². The number of aliphatic hydroxyl groups excluding tert-OH is 1.